The van der Waals surface area contributed by atoms with E-state index in [1.807, 2.05) is 24.3 Å². The highest BCUT2D eigenvalue weighted by atomic mass is 19.1. The molecule has 0 aromatic heterocycles. The van der Waals surface area contributed by atoms with Crippen LogP contribution in [-0.4, -0.2) is 19.6 Å². The average molecular weight is 353 g/mol. The molecule has 0 unspecified atom stereocenters. The fourth-order valence-electron chi connectivity index (χ4n) is 2.25. The van der Waals surface area contributed by atoms with Crippen molar-refractivity contribution in [3.63, 3.8) is 0 Å². The molecule has 0 saturated heterocycles. The molecular formula is C20H20FN3O2. The quantitative estimate of drug-likeness (QED) is 0.435. The molecule has 2 aromatic carbocycles. The fraction of sp³-hybridized carbons (Fsp3) is 0.200. The van der Waals surface area contributed by atoms with Gasteiger partial charge in [0, 0.05) is 19.3 Å². The normalized spacial score (nSPS) is 10.7. The minimum absolute atomic E-state index is 0.0160. The maximum atomic E-state index is 13.1. The third-order valence-electron chi connectivity index (χ3n) is 3.67. The lowest BCUT2D eigenvalue weighted by molar-refractivity contribution is -0.117. The summed E-state index contributed by atoms with van der Waals surface area (Å²) < 4.78 is 18.2. The Morgan fingerprint density at radius 3 is 2.65 bits per heavy atom. The van der Waals surface area contributed by atoms with Gasteiger partial charge in [0.15, 0.2) is 0 Å². The molecule has 0 fully saturated rings. The molecule has 6 heteroatoms. The molecule has 2 N–H and O–H groups in total. The third-order valence-corrected chi connectivity index (χ3v) is 3.67. The molecule has 26 heavy (non-hydrogen) atoms. The molecule has 0 saturated carbocycles. The van der Waals surface area contributed by atoms with Gasteiger partial charge in [-0.1, -0.05) is 24.3 Å². The highest BCUT2D eigenvalue weighted by Crippen LogP contribution is 2.11. The maximum absolute atomic E-state index is 13.1. The molecule has 0 aliphatic rings. The van der Waals surface area contributed by atoms with E-state index in [4.69, 9.17) is 10.00 Å². The van der Waals surface area contributed by atoms with Crippen LogP contribution in [0.15, 0.2) is 60.3 Å². The molecule has 134 valence electrons. The Kier molecular flexibility index (Phi) is 7.19. The van der Waals surface area contributed by atoms with Crippen LogP contribution in [0.5, 0.6) is 5.75 Å². The van der Waals surface area contributed by atoms with Gasteiger partial charge >= 0.3 is 0 Å². The van der Waals surface area contributed by atoms with E-state index in [1.165, 1.54) is 18.3 Å². The Bertz CT molecular complexity index is 811. The number of benzene rings is 2. The third kappa shape index (κ3) is 5.95. The summed E-state index contributed by atoms with van der Waals surface area (Å²) in [5, 5.41) is 14.7. The second-order valence-corrected chi connectivity index (χ2v) is 5.53. The van der Waals surface area contributed by atoms with Crippen molar-refractivity contribution in [1.29, 1.82) is 5.26 Å². The molecule has 0 heterocycles. The number of carbonyl (C=O) groups excluding carboxylic acids is 1. The summed E-state index contributed by atoms with van der Waals surface area (Å²) in [6.45, 7) is 0.797. The number of ether oxygens (including phenoxy) is 1. The second-order valence-electron chi connectivity index (χ2n) is 5.53. The predicted molar refractivity (Wildman–Crippen MR) is 96.6 cm³/mol. The molecule has 2 rings (SSSR count). The van der Waals surface area contributed by atoms with Crippen molar-refractivity contribution in [2.45, 2.75) is 13.0 Å². The Morgan fingerprint density at radius 1 is 1.23 bits per heavy atom. The zero-order chi connectivity index (χ0) is 18.8. The van der Waals surface area contributed by atoms with Crippen LogP contribution in [0.25, 0.3) is 0 Å². The van der Waals surface area contributed by atoms with Crippen molar-refractivity contribution >= 4 is 5.91 Å². The molecule has 0 radical (unpaired) electrons. The summed E-state index contributed by atoms with van der Waals surface area (Å²) in [6, 6.07) is 15.5. The molecule has 5 nitrogen and oxygen atoms in total. The highest BCUT2D eigenvalue weighted by Gasteiger charge is 2.08. The van der Waals surface area contributed by atoms with Gasteiger partial charge in [0.25, 0.3) is 5.91 Å². The van der Waals surface area contributed by atoms with Gasteiger partial charge in [0.05, 0.1) is 7.11 Å². The van der Waals surface area contributed by atoms with E-state index in [0.717, 1.165) is 16.9 Å². The number of rotatable bonds is 8. The number of hydrogen-bond acceptors (Lipinski definition) is 4. The first kappa shape index (κ1) is 19.0. The van der Waals surface area contributed by atoms with Crippen LogP contribution in [0.1, 0.15) is 11.1 Å². The largest absolute Gasteiger partial charge is 0.497 e. The van der Waals surface area contributed by atoms with Crippen LogP contribution in [0.2, 0.25) is 0 Å². The molecular weight excluding hydrogens is 333 g/mol. The molecule has 0 bridgehead atoms. The lowest BCUT2D eigenvalue weighted by atomic mass is 10.1. The maximum Gasteiger partial charge on any atom is 0.263 e. The summed E-state index contributed by atoms with van der Waals surface area (Å²) in [6.07, 6.45) is 1.96. The average Bonchev–Trinajstić information content (AvgIpc) is 2.66. The van der Waals surface area contributed by atoms with Crippen LogP contribution < -0.4 is 15.4 Å². The standard InChI is InChI=1S/C20H20FN3O2/c1-26-19-7-5-16(6-8-19)13-24-20(25)17(12-22)14-23-10-9-15-3-2-4-18(21)11-15/h2-8,11,14,23H,9-10,13H2,1H3,(H,24,25)/b17-14-. The van der Waals surface area contributed by atoms with Gasteiger partial charge in [-0.25, -0.2) is 4.39 Å². The lowest BCUT2D eigenvalue weighted by Crippen LogP contribution is -2.25. The SMILES string of the molecule is COc1ccc(CNC(=O)/C(C#N)=C\NCCc2cccc(F)c2)cc1. The van der Waals surface area contributed by atoms with Gasteiger partial charge in [-0.3, -0.25) is 4.79 Å². The van der Waals surface area contributed by atoms with Crippen LogP contribution in [0.4, 0.5) is 4.39 Å². The number of nitrogens with zero attached hydrogens (tertiary/aromatic N) is 1. The number of amides is 1. The molecule has 0 spiro atoms. The van der Waals surface area contributed by atoms with Crippen LogP contribution >= 0.6 is 0 Å². The summed E-state index contributed by atoms with van der Waals surface area (Å²) in [7, 11) is 1.59. The number of methoxy groups -OCH3 is 1. The molecule has 0 aliphatic carbocycles. The van der Waals surface area contributed by atoms with Crippen molar-refractivity contribution in [1.82, 2.24) is 10.6 Å². The van der Waals surface area contributed by atoms with E-state index in [2.05, 4.69) is 10.6 Å². The minimum Gasteiger partial charge on any atom is -0.497 e. The van der Waals surface area contributed by atoms with E-state index in [9.17, 15) is 9.18 Å². The number of hydrogen-bond donors (Lipinski definition) is 2. The van der Waals surface area contributed by atoms with Gasteiger partial charge in [-0.2, -0.15) is 5.26 Å². The van der Waals surface area contributed by atoms with E-state index < -0.39 is 5.91 Å². The zero-order valence-electron chi connectivity index (χ0n) is 14.5. The number of carbonyl (C=O) groups is 1. The first-order valence-electron chi connectivity index (χ1n) is 8.11. The summed E-state index contributed by atoms with van der Waals surface area (Å²) in [5.74, 6) is -0.00424. The number of nitriles is 1. The van der Waals surface area contributed by atoms with Gasteiger partial charge in [0.1, 0.15) is 23.2 Å². The topological polar surface area (TPSA) is 74.1 Å². The van der Waals surface area contributed by atoms with Gasteiger partial charge in [-0.05, 0) is 41.8 Å². The molecule has 0 atom stereocenters. The first-order chi connectivity index (χ1) is 12.6. The summed E-state index contributed by atoms with van der Waals surface area (Å²) in [5.41, 5.74) is 1.72. The van der Waals surface area contributed by atoms with Crippen molar-refractivity contribution in [2.75, 3.05) is 13.7 Å². The second kappa shape index (κ2) is 9.84. The molecule has 0 aliphatic heterocycles. The summed E-state index contributed by atoms with van der Waals surface area (Å²) >= 11 is 0. The van der Waals surface area contributed by atoms with Crippen molar-refractivity contribution in [3.8, 4) is 11.8 Å². The van der Waals surface area contributed by atoms with E-state index >= 15 is 0 Å². The van der Waals surface area contributed by atoms with Gasteiger partial charge in [0.2, 0.25) is 0 Å². The smallest absolute Gasteiger partial charge is 0.263 e. The Balaban J connectivity index is 1.81. The molecule has 2 aromatic rings. The lowest BCUT2D eigenvalue weighted by Gasteiger charge is -2.06. The van der Waals surface area contributed by atoms with Gasteiger partial charge < -0.3 is 15.4 Å². The number of nitrogens with one attached hydrogen (secondary N) is 2. The van der Waals surface area contributed by atoms with Crippen molar-refractivity contribution < 1.29 is 13.9 Å². The van der Waals surface area contributed by atoms with E-state index in [-0.39, 0.29) is 11.4 Å². The Labute approximate surface area is 152 Å². The monoisotopic (exact) mass is 353 g/mol. The summed E-state index contributed by atoms with van der Waals surface area (Å²) in [4.78, 5) is 12.1. The van der Waals surface area contributed by atoms with Crippen LogP contribution in [0, 0.1) is 17.1 Å². The highest BCUT2D eigenvalue weighted by molar-refractivity contribution is 5.97. The van der Waals surface area contributed by atoms with E-state index in [1.54, 1.807) is 25.3 Å². The number of halogens is 1. The Morgan fingerprint density at radius 2 is 2.00 bits per heavy atom. The van der Waals surface area contributed by atoms with Crippen molar-refractivity contribution in [3.05, 3.63) is 77.2 Å². The van der Waals surface area contributed by atoms with E-state index in [0.29, 0.717) is 19.5 Å². The van der Waals surface area contributed by atoms with Crippen LogP contribution in [0.3, 0.4) is 0 Å². The fourth-order valence-corrected chi connectivity index (χ4v) is 2.25. The van der Waals surface area contributed by atoms with Gasteiger partial charge in [-0.15, -0.1) is 0 Å². The minimum atomic E-state index is -0.457. The predicted octanol–water partition coefficient (Wildman–Crippen LogP) is 2.69. The Hall–Kier alpha value is -3.33. The van der Waals surface area contributed by atoms with Crippen LogP contribution in [-0.2, 0) is 17.8 Å². The zero-order valence-corrected chi connectivity index (χ0v) is 14.5. The molecule has 1 amide bonds. The van der Waals surface area contributed by atoms with Crippen molar-refractivity contribution in [2.24, 2.45) is 0 Å². The first-order valence-corrected chi connectivity index (χ1v) is 8.11.